The normalized spacial score (nSPS) is 11.1. The fourth-order valence-corrected chi connectivity index (χ4v) is 2.58. The summed E-state index contributed by atoms with van der Waals surface area (Å²) in [5, 5.41) is 14.1. The average molecular weight is 309 g/mol. The number of rotatable bonds is 4. The minimum absolute atomic E-state index is 0.400. The molecule has 1 heterocycles. The molecule has 0 aliphatic heterocycles. The van der Waals surface area contributed by atoms with E-state index < -0.39 is 5.91 Å². The molecule has 0 saturated carbocycles. The van der Waals surface area contributed by atoms with Gasteiger partial charge < -0.3 is 0 Å². The number of nitrogens with zero attached hydrogens (tertiary/aromatic N) is 2. The molecule has 5 nitrogen and oxygen atoms in total. The van der Waals surface area contributed by atoms with Gasteiger partial charge in [0.25, 0.3) is 5.91 Å². The molecular formula is C18H19N3O2. The molecule has 1 amide bonds. The number of fused-ring (bicyclic) bond motifs is 1. The van der Waals surface area contributed by atoms with E-state index >= 15 is 0 Å². The summed E-state index contributed by atoms with van der Waals surface area (Å²) in [4.78, 5) is 11.6. The van der Waals surface area contributed by atoms with Crippen molar-refractivity contribution in [2.45, 2.75) is 26.3 Å². The smallest absolute Gasteiger partial charge is 0.274 e. The Kier molecular flexibility index (Phi) is 4.12. The van der Waals surface area contributed by atoms with E-state index in [1.807, 2.05) is 10.7 Å². The Morgan fingerprint density at radius 1 is 1.22 bits per heavy atom. The van der Waals surface area contributed by atoms with Crippen molar-refractivity contribution < 1.29 is 10.0 Å². The van der Waals surface area contributed by atoms with Gasteiger partial charge in [0, 0.05) is 10.9 Å². The Bertz CT molecular complexity index is 835. The van der Waals surface area contributed by atoms with Gasteiger partial charge >= 0.3 is 0 Å². The zero-order valence-corrected chi connectivity index (χ0v) is 13.2. The summed E-state index contributed by atoms with van der Waals surface area (Å²) in [7, 11) is 0. The highest BCUT2D eigenvalue weighted by Crippen LogP contribution is 2.19. The summed E-state index contributed by atoms with van der Waals surface area (Å²) in [5.74, 6) is -0.0185. The summed E-state index contributed by atoms with van der Waals surface area (Å²) >= 11 is 0. The summed E-state index contributed by atoms with van der Waals surface area (Å²) in [6.45, 7) is 4.97. The molecule has 0 saturated heterocycles. The van der Waals surface area contributed by atoms with Crippen LogP contribution in [-0.4, -0.2) is 20.9 Å². The first kappa shape index (κ1) is 15.2. The molecule has 0 radical (unpaired) electrons. The lowest BCUT2D eigenvalue weighted by Crippen LogP contribution is -2.18. The Balaban J connectivity index is 1.91. The zero-order chi connectivity index (χ0) is 16.4. The third-order valence-electron chi connectivity index (χ3n) is 3.99. The third-order valence-corrected chi connectivity index (χ3v) is 3.99. The highest BCUT2D eigenvalue weighted by atomic mass is 16.5. The van der Waals surface area contributed by atoms with Crippen LogP contribution in [0.4, 0.5) is 0 Å². The molecule has 0 aliphatic rings. The second-order valence-electron chi connectivity index (χ2n) is 5.91. The Morgan fingerprint density at radius 2 is 1.96 bits per heavy atom. The maximum absolute atomic E-state index is 11.6. The lowest BCUT2D eigenvalue weighted by atomic mass is 10.0. The van der Waals surface area contributed by atoms with Gasteiger partial charge in [-0.2, -0.15) is 5.10 Å². The molecule has 0 unspecified atom stereocenters. The molecule has 5 heteroatoms. The third kappa shape index (κ3) is 3.10. The number of aromatic nitrogens is 2. The van der Waals surface area contributed by atoms with Crippen LogP contribution in [0.25, 0.3) is 10.9 Å². The molecule has 3 rings (SSSR count). The van der Waals surface area contributed by atoms with Crippen LogP contribution < -0.4 is 5.48 Å². The van der Waals surface area contributed by atoms with E-state index in [2.05, 4.69) is 43.2 Å². The number of carbonyl (C=O) groups excluding carboxylic acids is 1. The van der Waals surface area contributed by atoms with E-state index in [4.69, 9.17) is 5.21 Å². The largest absolute Gasteiger partial charge is 0.288 e. The van der Waals surface area contributed by atoms with Crippen molar-refractivity contribution in [3.63, 3.8) is 0 Å². The van der Waals surface area contributed by atoms with E-state index in [9.17, 15) is 4.79 Å². The minimum atomic E-state index is -0.527. The molecule has 118 valence electrons. The molecule has 2 aromatic carbocycles. The van der Waals surface area contributed by atoms with Gasteiger partial charge in [0.05, 0.1) is 18.3 Å². The first-order valence-electron chi connectivity index (χ1n) is 7.57. The number of hydrogen-bond acceptors (Lipinski definition) is 3. The van der Waals surface area contributed by atoms with E-state index in [0.717, 1.165) is 16.5 Å². The van der Waals surface area contributed by atoms with Crippen LogP contribution in [0.2, 0.25) is 0 Å². The molecule has 0 fully saturated rings. The Hall–Kier alpha value is -2.66. The molecule has 1 aromatic heterocycles. The molecule has 0 bridgehead atoms. The fraction of sp³-hybridized carbons (Fsp3) is 0.222. The van der Waals surface area contributed by atoms with E-state index in [1.54, 1.807) is 23.8 Å². The molecule has 0 spiro atoms. The van der Waals surface area contributed by atoms with Gasteiger partial charge in [-0.15, -0.1) is 0 Å². The standard InChI is InChI=1S/C18H19N3O2/c1-12(2)14-5-3-13(4-6-14)11-21-17-9-15(18(22)20-23)7-8-16(17)10-19-21/h3-10,12,23H,11H2,1-2H3,(H,20,22). The van der Waals surface area contributed by atoms with E-state index in [0.29, 0.717) is 18.0 Å². The highest BCUT2D eigenvalue weighted by molar-refractivity contribution is 5.97. The van der Waals surface area contributed by atoms with E-state index in [1.165, 1.54) is 5.56 Å². The van der Waals surface area contributed by atoms with E-state index in [-0.39, 0.29) is 0 Å². The van der Waals surface area contributed by atoms with Gasteiger partial charge in [0.15, 0.2) is 0 Å². The lowest BCUT2D eigenvalue weighted by molar-refractivity contribution is 0.0706. The van der Waals surface area contributed by atoms with Crippen molar-refractivity contribution in [1.29, 1.82) is 0 Å². The van der Waals surface area contributed by atoms with Crippen LogP contribution in [0.5, 0.6) is 0 Å². The monoisotopic (exact) mass is 309 g/mol. The van der Waals surface area contributed by atoms with Crippen molar-refractivity contribution >= 4 is 16.8 Å². The van der Waals surface area contributed by atoms with Crippen LogP contribution in [0.15, 0.2) is 48.7 Å². The molecule has 0 atom stereocenters. The first-order chi connectivity index (χ1) is 11.1. The number of carbonyl (C=O) groups is 1. The van der Waals surface area contributed by atoms with Crippen LogP contribution in [0, 0.1) is 0 Å². The summed E-state index contributed by atoms with van der Waals surface area (Å²) in [6.07, 6.45) is 1.78. The Labute approximate surface area is 134 Å². The number of nitrogens with one attached hydrogen (secondary N) is 1. The van der Waals surface area contributed by atoms with Crippen molar-refractivity contribution in [1.82, 2.24) is 15.3 Å². The predicted molar refractivity (Wildman–Crippen MR) is 88.6 cm³/mol. The molecule has 0 aliphatic carbocycles. The van der Waals surface area contributed by atoms with Gasteiger partial charge in [0.1, 0.15) is 0 Å². The number of amides is 1. The van der Waals surface area contributed by atoms with Gasteiger partial charge in [-0.3, -0.25) is 14.7 Å². The first-order valence-corrected chi connectivity index (χ1v) is 7.57. The summed E-state index contributed by atoms with van der Waals surface area (Å²) in [5.41, 5.74) is 5.37. The second kappa shape index (κ2) is 6.22. The molecular weight excluding hydrogens is 290 g/mol. The Morgan fingerprint density at radius 3 is 2.61 bits per heavy atom. The van der Waals surface area contributed by atoms with Crippen LogP contribution >= 0.6 is 0 Å². The topological polar surface area (TPSA) is 67.2 Å². The van der Waals surface area contributed by atoms with Gasteiger partial charge in [0.2, 0.25) is 0 Å². The fourth-order valence-electron chi connectivity index (χ4n) is 2.58. The average Bonchev–Trinajstić information content (AvgIpc) is 2.97. The van der Waals surface area contributed by atoms with Crippen molar-refractivity contribution in [3.8, 4) is 0 Å². The summed E-state index contributed by atoms with van der Waals surface area (Å²) < 4.78 is 1.86. The van der Waals surface area contributed by atoms with Gasteiger partial charge in [-0.05, 0) is 29.2 Å². The molecule has 2 N–H and O–H groups in total. The maximum atomic E-state index is 11.6. The number of hydrogen-bond donors (Lipinski definition) is 2. The number of hydroxylamine groups is 1. The van der Waals surface area contributed by atoms with Crippen molar-refractivity contribution in [2.24, 2.45) is 0 Å². The lowest BCUT2D eigenvalue weighted by Gasteiger charge is -2.08. The predicted octanol–water partition coefficient (Wildman–Crippen LogP) is 3.33. The summed E-state index contributed by atoms with van der Waals surface area (Å²) in [6, 6.07) is 13.7. The SMILES string of the molecule is CC(C)c1ccc(Cn2ncc3ccc(C(=O)NO)cc32)cc1. The zero-order valence-electron chi connectivity index (χ0n) is 13.2. The molecule has 23 heavy (non-hydrogen) atoms. The van der Waals surface area contributed by atoms with Gasteiger partial charge in [-0.25, -0.2) is 5.48 Å². The quantitative estimate of drug-likeness (QED) is 0.574. The number of benzene rings is 2. The second-order valence-corrected chi connectivity index (χ2v) is 5.91. The van der Waals surface area contributed by atoms with Crippen molar-refractivity contribution in [2.75, 3.05) is 0 Å². The highest BCUT2D eigenvalue weighted by Gasteiger charge is 2.09. The van der Waals surface area contributed by atoms with Crippen LogP contribution in [-0.2, 0) is 6.54 Å². The minimum Gasteiger partial charge on any atom is -0.288 e. The van der Waals surface area contributed by atoms with Gasteiger partial charge in [-0.1, -0.05) is 44.2 Å². The van der Waals surface area contributed by atoms with Crippen LogP contribution in [0.3, 0.4) is 0 Å². The maximum Gasteiger partial charge on any atom is 0.274 e. The molecule has 3 aromatic rings. The van der Waals surface area contributed by atoms with Crippen molar-refractivity contribution in [3.05, 3.63) is 65.4 Å². The van der Waals surface area contributed by atoms with Crippen LogP contribution in [0.1, 0.15) is 41.3 Å².